The van der Waals surface area contributed by atoms with Crippen LogP contribution in [-0.4, -0.2) is 20.7 Å². The number of benzene rings is 1. The number of aromatic carboxylic acids is 1. The number of aromatic nitrogens is 3. The SMILES string of the molecule is Cn1nc(-c2ccccc2)nc1C(=O)[O-].[Na+]. The molecule has 0 spiro atoms. The molecule has 0 unspecified atom stereocenters. The van der Waals surface area contributed by atoms with E-state index < -0.39 is 5.97 Å². The van der Waals surface area contributed by atoms with Gasteiger partial charge in [0.1, 0.15) is 5.97 Å². The van der Waals surface area contributed by atoms with Gasteiger partial charge < -0.3 is 9.90 Å². The predicted molar refractivity (Wildman–Crippen MR) is 50.8 cm³/mol. The fourth-order valence-corrected chi connectivity index (χ4v) is 1.27. The van der Waals surface area contributed by atoms with Crippen LogP contribution < -0.4 is 34.7 Å². The molecule has 0 saturated heterocycles. The molecule has 1 heterocycles. The third-order valence-corrected chi connectivity index (χ3v) is 1.98. The molecule has 2 rings (SSSR count). The van der Waals surface area contributed by atoms with Gasteiger partial charge in [-0.25, -0.2) is 9.67 Å². The summed E-state index contributed by atoms with van der Waals surface area (Å²) in [5.74, 6) is -1.11. The van der Waals surface area contributed by atoms with Crippen LogP contribution in [-0.2, 0) is 7.05 Å². The number of carbonyl (C=O) groups is 1. The minimum atomic E-state index is -1.33. The summed E-state index contributed by atoms with van der Waals surface area (Å²) in [5.41, 5.74) is 0.778. The number of hydrogen-bond donors (Lipinski definition) is 0. The van der Waals surface area contributed by atoms with E-state index in [9.17, 15) is 9.90 Å². The number of hydrogen-bond acceptors (Lipinski definition) is 4. The van der Waals surface area contributed by atoms with Crippen LogP contribution in [0.15, 0.2) is 30.3 Å². The van der Waals surface area contributed by atoms with E-state index in [2.05, 4.69) is 10.1 Å². The van der Waals surface area contributed by atoms with Crippen LogP contribution in [0.25, 0.3) is 11.4 Å². The molecule has 0 radical (unpaired) electrons. The molecule has 2 aromatic rings. The largest absolute Gasteiger partial charge is 1.00 e. The van der Waals surface area contributed by atoms with E-state index in [1.165, 1.54) is 11.7 Å². The zero-order valence-corrected chi connectivity index (χ0v) is 11.0. The Balaban J connectivity index is 0.00000128. The third kappa shape index (κ3) is 2.49. The average molecular weight is 225 g/mol. The predicted octanol–water partition coefficient (Wildman–Crippen LogP) is -3.15. The number of nitrogens with zero attached hydrogens (tertiary/aromatic N) is 3. The minimum absolute atomic E-state index is 0. The number of aryl methyl sites for hydroxylation is 1. The van der Waals surface area contributed by atoms with Crippen molar-refractivity contribution in [2.45, 2.75) is 0 Å². The topological polar surface area (TPSA) is 70.8 Å². The van der Waals surface area contributed by atoms with Gasteiger partial charge in [-0.3, -0.25) is 0 Å². The van der Waals surface area contributed by atoms with Gasteiger partial charge in [0, 0.05) is 12.6 Å². The summed E-state index contributed by atoms with van der Waals surface area (Å²) < 4.78 is 1.19. The van der Waals surface area contributed by atoms with Gasteiger partial charge in [0.2, 0.25) is 0 Å². The maximum Gasteiger partial charge on any atom is 1.00 e. The standard InChI is InChI=1S/C10H9N3O2.Na/c1-13-9(10(14)15)11-8(12-13)7-5-3-2-4-6-7;/h2-6H,1H3,(H,14,15);/q;+1/p-1. The molecular weight excluding hydrogens is 217 g/mol. The number of rotatable bonds is 2. The molecule has 0 aliphatic rings. The maximum atomic E-state index is 10.6. The summed E-state index contributed by atoms with van der Waals surface area (Å²) >= 11 is 0. The van der Waals surface area contributed by atoms with Gasteiger partial charge in [0.25, 0.3) is 0 Å². The van der Waals surface area contributed by atoms with Gasteiger partial charge >= 0.3 is 29.6 Å². The Hall–Kier alpha value is -1.17. The number of carboxylic acids is 1. The molecule has 0 bridgehead atoms. The minimum Gasteiger partial charge on any atom is -0.542 e. The first-order valence-electron chi connectivity index (χ1n) is 4.36. The van der Waals surface area contributed by atoms with Gasteiger partial charge in [-0.15, -0.1) is 0 Å². The molecule has 76 valence electrons. The molecule has 0 saturated carbocycles. The van der Waals surface area contributed by atoms with Crippen LogP contribution in [0.4, 0.5) is 0 Å². The summed E-state index contributed by atoms with van der Waals surface area (Å²) in [6, 6.07) is 9.17. The molecule has 6 heteroatoms. The van der Waals surface area contributed by atoms with E-state index in [-0.39, 0.29) is 35.4 Å². The van der Waals surface area contributed by atoms with E-state index in [0.29, 0.717) is 5.82 Å². The summed E-state index contributed by atoms with van der Waals surface area (Å²) in [4.78, 5) is 14.5. The maximum absolute atomic E-state index is 10.6. The Morgan fingerprint density at radius 2 is 1.94 bits per heavy atom. The van der Waals surface area contributed by atoms with Crippen molar-refractivity contribution in [2.24, 2.45) is 7.05 Å². The van der Waals surface area contributed by atoms with Gasteiger partial charge in [-0.2, -0.15) is 5.10 Å². The van der Waals surface area contributed by atoms with Gasteiger partial charge in [0.05, 0.1) is 0 Å². The second-order valence-electron chi connectivity index (χ2n) is 3.04. The quantitative estimate of drug-likeness (QED) is 0.506. The molecule has 0 atom stereocenters. The molecule has 1 aromatic heterocycles. The Bertz CT molecular complexity index is 496. The van der Waals surface area contributed by atoms with E-state index >= 15 is 0 Å². The van der Waals surface area contributed by atoms with Crippen molar-refractivity contribution in [3.05, 3.63) is 36.2 Å². The van der Waals surface area contributed by atoms with E-state index in [0.717, 1.165) is 5.56 Å². The third-order valence-electron chi connectivity index (χ3n) is 1.98. The van der Waals surface area contributed by atoms with Crippen molar-refractivity contribution in [3.8, 4) is 11.4 Å². The van der Waals surface area contributed by atoms with Crippen molar-refractivity contribution in [1.82, 2.24) is 14.8 Å². The monoisotopic (exact) mass is 225 g/mol. The van der Waals surface area contributed by atoms with Crippen LogP contribution in [0.1, 0.15) is 10.6 Å². The van der Waals surface area contributed by atoms with Crippen LogP contribution in [0.3, 0.4) is 0 Å². The Morgan fingerprint density at radius 3 is 2.44 bits per heavy atom. The molecule has 0 N–H and O–H groups in total. The van der Waals surface area contributed by atoms with E-state index in [1.54, 1.807) is 0 Å². The number of carboxylic acid groups (broad SMARTS) is 1. The van der Waals surface area contributed by atoms with Crippen LogP contribution in [0.5, 0.6) is 0 Å². The van der Waals surface area contributed by atoms with Crippen molar-refractivity contribution in [3.63, 3.8) is 0 Å². The first-order chi connectivity index (χ1) is 7.18. The molecule has 0 aliphatic heterocycles. The van der Waals surface area contributed by atoms with Crippen molar-refractivity contribution < 1.29 is 39.5 Å². The summed E-state index contributed by atoms with van der Waals surface area (Å²) in [7, 11) is 1.52. The van der Waals surface area contributed by atoms with Gasteiger partial charge in [-0.05, 0) is 0 Å². The second kappa shape index (κ2) is 5.25. The summed E-state index contributed by atoms with van der Waals surface area (Å²) in [6.45, 7) is 0. The second-order valence-corrected chi connectivity index (χ2v) is 3.04. The average Bonchev–Trinajstić information content (AvgIpc) is 2.62. The molecule has 1 aromatic carbocycles. The molecule has 16 heavy (non-hydrogen) atoms. The van der Waals surface area contributed by atoms with Crippen molar-refractivity contribution in [1.29, 1.82) is 0 Å². The van der Waals surface area contributed by atoms with E-state index in [1.807, 2.05) is 30.3 Å². The summed E-state index contributed by atoms with van der Waals surface area (Å²) in [5, 5.41) is 14.6. The van der Waals surface area contributed by atoms with Crippen LogP contribution >= 0.6 is 0 Å². The molecule has 0 aliphatic carbocycles. The zero-order chi connectivity index (χ0) is 10.8. The van der Waals surface area contributed by atoms with E-state index in [4.69, 9.17) is 0 Å². The van der Waals surface area contributed by atoms with Crippen molar-refractivity contribution >= 4 is 5.97 Å². The van der Waals surface area contributed by atoms with Gasteiger partial charge in [0.15, 0.2) is 11.6 Å². The smallest absolute Gasteiger partial charge is 0.542 e. The van der Waals surface area contributed by atoms with Crippen LogP contribution in [0.2, 0.25) is 0 Å². The fraction of sp³-hybridized carbons (Fsp3) is 0.100. The summed E-state index contributed by atoms with van der Waals surface area (Å²) in [6.07, 6.45) is 0. The van der Waals surface area contributed by atoms with Gasteiger partial charge in [-0.1, -0.05) is 30.3 Å². The molecule has 0 amide bonds. The molecule has 0 fully saturated rings. The Morgan fingerprint density at radius 1 is 1.31 bits per heavy atom. The normalized spacial score (nSPS) is 9.56. The first kappa shape index (κ1) is 12.9. The molecule has 5 nitrogen and oxygen atoms in total. The fourth-order valence-electron chi connectivity index (χ4n) is 1.27. The van der Waals surface area contributed by atoms with Crippen molar-refractivity contribution in [2.75, 3.05) is 0 Å². The Kier molecular flexibility index (Phi) is 4.23. The molecular formula is C10H8N3NaO2. The van der Waals surface area contributed by atoms with Crippen LogP contribution in [0, 0.1) is 0 Å². The Labute approximate surface area is 114 Å². The number of carbonyl (C=O) groups excluding carboxylic acids is 1. The zero-order valence-electron chi connectivity index (χ0n) is 9.04. The first-order valence-corrected chi connectivity index (χ1v) is 4.36.